The Bertz CT molecular complexity index is 624. The topological polar surface area (TPSA) is 32.3 Å². The molecule has 0 saturated carbocycles. The Hall–Kier alpha value is -2.29. The van der Waals surface area contributed by atoms with Crippen molar-refractivity contribution in [2.24, 2.45) is 0 Å². The summed E-state index contributed by atoms with van der Waals surface area (Å²) in [6, 6.07) is 18.5. The van der Waals surface area contributed by atoms with Crippen LogP contribution in [-0.4, -0.2) is 18.0 Å². The minimum absolute atomic E-state index is 0.0134. The molecule has 21 heavy (non-hydrogen) atoms. The normalized spacial score (nSPS) is 16.3. The van der Waals surface area contributed by atoms with Crippen molar-refractivity contribution in [2.45, 2.75) is 25.4 Å². The Balaban J connectivity index is 1.62. The zero-order chi connectivity index (χ0) is 14.7. The molecule has 0 aliphatic heterocycles. The maximum atomic E-state index is 12.3. The van der Waals surface area contributed by atoms with Crippen LogP contribution >= 0.6 is 0 Å². The van der Waals surface area contributed by atoms with Crippen LogP contribution in [0, 0.1) is 0 Å². The summed E-state index contributed by atoms with van der Waals surface area (Å²) in [4.78, 5) is 14.1. The van der Waals surface area contributed by atoms with Crippen LogP contribution in [0.2, 0.25) is 0 Å². The van der Waals surface area contributed by atoms with E-state index in [0.29, 0.717) is 6.54 Å². The first-order valence-electron chi connectivity index (χ1n) is 7.37. The average molecular weight is 280 g/mol. The Morgan fingerprint density at radius 3 is 2.67 bits per heavy atom. The predicted octanol–water partition coefficient (Wildman–Crippen LogP) is 3.52. The monoisotopic (exact) mass is 280 g/mol. The standard InChI is InChI=1S/C18H20N2O/c1-20(13-14-7-3-2-4-8-14)18(21)19-17-12-11-15-9-5-6-10-16(15)17/h2-10,17H,11-13H2,1H3,(H,19,21). The number of benzene rings is 2. The van der Waals surface area contributed by atoms with E-state index in [4.69, 9.17) is 0 Å². The van der Waals surface area contributed by atoms with E-state index in [-0.39, 0.29) is 12.1 Å². The molecule has 3 nitrogen and oxygen atoms in total. The van der Waals surface area contributed by atoms with Crippen molar-refractivity contribution in [1.82, 2.24) is 10.2 Å². The van der Waals surface area contributed by atoms with Crippen molar-refractivity contribution < 1.29 is 4.79 Å². The van der Waals surface area contributed by atoms with Crippen molar-refractivity contribution in [2.75, 3.05) is 7.05 Å². The van der Waals surface area contributed by atoms with Crippen LogP contribution in [0.25, 0.3) is 0 Å². The van der Waals surface area contributed by atoms with Gasteiger partial charge in [-0.3, -0.25) is 0 Å². The molecule has 3 heteroatoms. The van der Waals surface area contributed by atoms with Gasteiger partial charge in [-0.05, 0) is 29.5 Å². The highest BCUT2D eigenvalue weighted by atomic mass is 16.2. The van der Waals surface area contributed by atoms with Gasteiger partial charge in [-0.25, -0.2) is 4.79 Å². The SMILES string of the molecule is CN(Cc1ccccc1)C(=O)NC1CCc2ccccc21. The zero-order valence-corrected chi connectivity index (χ0v) is 12.3. The minimum atomic E-state index is -0.0134. The Kier molecular flexibility index (Phi) is 3.91. The third-order valence-corrected chi connectivity index (χ3v) is 4.04. The summed E-state index contributed by atoms with van der Waals surface area (Å²) >= 11 is 0. The summed E-state index contributed by atoms with van der Waals surface area (Å²) in [5.41, 5.74) is 3.76. The number of carbonyl (C=O) groups is 1. The van der Waals surface area contributed by atoms with Gasteiger partial charge in [0.1, 0.15) is 0 Å². The summed E-state index contributed by atoms with van der Waals surface area (Å²) in [6.45, 7) is 0.626. The van der Waals surface area contributed by atoms with Gasteiger partial charge in [0, 0.05) is 13.6 Å². The van der Waals surface area contributed by atoms with E-state index >= 15 is 0 Å². The molecular formula is C18H20N2O. The second kappa shape index (κ2) is 6.00. The molecule has 0 fully saturated rings. The largest absolute Gasteiger partial charge is 0.331 e. The smallest absolute Gasteiger partial charge is 0.317 e. The number of urea groups is 1. The molecule has 1 aliphatic carbocycles. The lowest BCUT2D eigenvalue weighted by Gasteiger charge is -2.21. The molecule has 2 aromatic rings. The predicted molar refractivity (Wildman–Crippen MR) is 83.9 cm³/mol. The van der Waals surface area contributed by atoms with E-state index in [1.165, 1.54) is 11.1 Å². The van der Waals surface area contributed by atoms with Gasteiger partial charge in [-0.15, -0.1) is 0 Å². The highest BCUT2D eigenvalue weighted by Crippen LogP contribution is 2.30. The number of amides is 2. The highest BCUT2D eigenvalue weighted by Gasteiger charge is 2.24. The van der Waals surface area contributed by atoms with E-state index in [9.17, 15) is 4.79 Å². The average Bonchev–Trinajstić information content (AvgIpc) is 2.91. The number of aryl methyl sites for hydroxylation is 1. The van der Waals surface area contributed by atoms with Crippen molar-refractivity contribution in [3.05, 3.63) is 71.3 Å². The summed E-state index contributed by atoms with van der Waals surface area (Å²) < 4.78 is 0. The zero-order valence-electron chi connectivity index (χ0n) is 12.3. The van der Waals surface area contributed by atoms with Gasteiger partial charge in [0.05, 0.1) is 6.04 Å². The molecule has 0 radical (unpaired) electrons. The van der Waals surface area contributed by atoms with Crippen molar-refractivity contribution >= 4 is 6.03 Å². The molecule has 0 bridgehead atoms. The van der Waals surface area contributed by atoms with Gasteiger partial charge >= 0.3 is 6.03 Å². The molecule has 108 valence electrons. The molecule has 2 amide bonds. The Morgan fingerprint density at radius 2 is 1.86 bits per heavy atom. The van der Waals surface area contributed by atoms with Gasteiger partial charge in [0.15, 0.2) is 0 Å². The number of hydrogen-bond acceptors (Lipinski definition) is 1. The van der Waals surface area contributed by atoms with Crippen LogP contribution in [0.3, 0.4) is 0 Å². The second-order valence-electron chi connectivity index (χ2n) is 5.58. The van der Waals surface area contributed by atoms with Gasteiger partial charge in [0.25, 0.3) is 0 Å². The maximum Gasteiger partial charge on any atom is 0.317 e. The van der Waals surface area contributed by atoms with Crippen molar-refractivity contribution in [3.63, 3.8) is 0 Å². The molecule has 0 spiro atoms. The van der Waals surface area contributed by atoms with E-state index < -0.39 is 0 Å². The molecule has 0 saturated heterocycles. The molecule has 0 aromatic heterocycles. The summed E-state index contributed by atoms with van der Waals surface area (Å²) in [5.74, 6) is 0. The van der Waals surface area contributed by atoms with E-state index in [1.54, 1.807) is 4.90 Å². The Morgan fingerprint density at radius 1 is 1.14 bits per heavy atom. The summed E-state index contributed by atoms with van der Waals surface area (Å²) in [7, 11) is 1.84. The van der Waals surface area contributed by atoms with Crippen LogP contribution in [0.15, 0.2) is 54.6 Å². The van der Waals surface area contributed by atoms with Crippen molar-refractivity contribution in [1.29, 1.82) is 0 Å². The maximum absolute atomic E-state index is 12.3. The fourth-order valence-corrected chi connectivity index (χ4v) is 2.90. The van der Waals surface area contributed by atoms with E-state index in [0.717, 1.165) is 18.4 Å². The summed E-state index contributed by atoms with van der Waals surface area (Å²) in [5, 5.41) is 3.14. The lowest BCUT2D eigenvalue weighted by atomic mass is 10.1. The van der Waals surface area contributed by atoms with Gasteiger partial charge in [0.2, 0.25) is 0 Å². The first kappa shape index (κ1) is 13.7. The molecule has 1 unspecified atom stereocenters. The van der Waals surface area contributed by atoms with Crippen LogP contribution < -0.4 is 5.32 Å². The second-order valence-corrected chi connectivity index (χ2v) is 5.58. The van der Waals surface area contributed by atoms with Crippen LogP contribution in [0.1, 0.15) is 29.2 Å². The lowest BCUT2D eigenvalue weighted by molar-refractivity contribution is 0.202. The molecule has 2 aromatic carbocycles. The molecule has 1 atom stereocenters. The van der Waals surface area contributed by atoms with Gasteiger partial charge in [-0.1, -0.05) is 54.6 Å². The van der Waals surface area contributed by atoms with E-state index in [1.807, 2.05) is 43.4 Å². The quantitative estimate of drug-likeness (QED) is 0.916. The van der Waals surface area contributed by atoms with Crippen LogP contribution in [-0.2, 0) is 13.0 Å². The van der Waals surface area contributed by atoms with Crippen LogP contribution in [0.4, 0.5) is 4.79 Å². The number of fused-ring (bicyclic) bond motifs is 1. The highest BCUT2D eigenvalue weighted by molar-refractivity contribution is 5.74. The van der Waals surface area contributed by atoms with Gasteiger partial charge < -0.3 is 10.2 Å². The molecular weight excluding hydrogens is 260 g/mol. The third kappa shape index (κ3) is 3.07. The number of nitrogens with zero attached hydrogens (tertiary/aromatic N) is 1. The number of carbonyl (C=O) groups excluding carboxylic acids is 1. The van der Waals surface area contributed by atoms with Crippen molar-refractivity contribution in [3.8, 4) is 0 Å². The van der Waals surface area contributed by atoms with Gasteiger partial charge in [-0.2, -0.15) is 0 Å². The fourth-order valence-electron chi connectivity index (χ4n) is 2.90. The van der Waals surface area contributed by atoms with Crippen LogP contribution in [0.5, 0.6) is 0 Å². The lowest BCUT2D eigenvalue weighted by Crippen LogP contribution is -2.38. The number of nitrogens with one attached hydrogen (secondary N) is 1. The fraction of sp³-hybridized carbons (Fsp3) is 0.278. The minimum Gasteiger partial charge on any atom is -0.331 e. The summed E-state index contributed by atoms with van der Waals surface area (Å²) in [6.07, 6.45) is 2.04. The van der Waals surface area contributed by atoms with E-state index in [2.05, 4.69) is 23.5 Å². The first-order valence-corrected chi connectivity index (χ1v) is 7.37. The molecule has 3 rings (SSSR count). The molecule has 0 heterocycles. The molecule has 1 N–H and O–H groups in total. The Labute approximate surface area is 125 Å². The third-order valence-electron chi connectivity index (χ3n) is 4.04. The molecule has 1 aliphatic rings. The number of rotatable bonds is 3. The first-order chi connectivity index (χ1) is 10.2. The number of hydrogen-bond donors (Lipinski definition) is 1.